The first-order valence-corrected chi connectivity index (χ1v) is 5.85. The number of terminal acetylenes is 1. The van der Waals surface area contributed by atoms with Crippen molar-refractivity contribution in [1.29, 1.82) is 0 Å². The van der Waals surface area contributed by atoms with Crippen molar-refractivity contribution in [1.82, 2.24) is 4.90 Å². The maximum Gasteiger partial charge on any atom is 0.347 e. The quantitative estimate of drug-likeness (QED) is 0.835. The van der Waals surface area contributed by atoms with Gasteiger partial charge in [0.2, 0.25) is 0 Å². The predicted molar refractivity (Wildman–Crippen MR) is 72.9 cm³/mol. The van der Waals surface area contributed by atoms with Crippen molar-refractivity contribution in [2.45, 2.75) is 19.0 Å². The molecule has 19 heavy (non-hydrogen) atoms. The largest absolute Gasteiger partial charge is 0.497 e. The van der Waals surface area contributed by atoms with Crippen LogP contribution in [0.1, 0.15) is 18.5 Å². The number of benzene rings is 1. The molecule has 0 spiro atoms. The molecule has 5 heteroatoms. The van der Waals surface area contributed by atoms with Crippen molar-refractivity contribution in [3.63, 3.8) is 0 Å². The van der Waals surface area contributed by atoms with Crippen LogP contribution in [0.15, 0.2) is 29.3 Å². The number of amides is 2. The highest BCUT2D eigenvalue weighted by Gasteiger charge is 2.37. The fraction of sp³-hybridized carbons (Fsp3) is 0.286. The highest BCUT2D eigenvalue weighted by atomic mass is 16.5. The smallest absolute Gasteiger partial charge is 0.347 e. The van der Waals surface area contributed by atoms with Gasteiger partial charge >= 0.3 is 6.03 Å². The molecule has 2 unspecified atom stereocenters. The standard InChI is InChI=1S/C14H15N3O2/c1-4-9(2)17-12(13(15)16-14(17)18)10-5-7-11(19-3)8-6-10/h1,5-9,12H,2-3H3,(H2,15,16,18). The molecular weight excluding hydrogens is 242 g/mol. The number of carbonyl (C=O) groups is 1. The summed E-state index contributed by atoms with van der Waals surface area (Å²) in [5.74, 6) is 3.53. The molecule has 0 fully saturated rings. The van der Waals surface area contributed by atoms with E-state index >= 15 is 0 Å². The van der Waals surface area contributed by atoms with Crippen LogP contribution in [0, 0.1) is 12.3 Å². The van der Waals surface area contributed by atoms with E-state index in [-0.39, 0.29) is 11.9 Å². The van der Waals surface area contributed by atoms with Crippen molar-refractivity contribution in [2.24, 2.45) is 10.7 Å². The molecule has 0 saturated carbocycles. The van der Waals surface area contributed by atoms with Gasteiger partial charge in [0.05, 0.1) is 13.2 Å². The summed E-state index contributed by atoms with van der Waals surface area (Å²) in [6.07, 6.45) is 5.39. The number of carbonyl (C=O) groups excluding carboxylic acids is 1. The third-order valence-electron chi connectivity index (χ3n) is 3.09. The molecule has 1 heterocycles. The van der Waals surface area contributed by atoms with Gasteiger partial charge in [0.15, 0.2) is 0 Å². The van der Waals surface area contributed by atoms with Crippen LogP contribution in [0.2, 0.25) is 0 Å². The van der Waals surface area contributed by atoms with E-state index in [0.717, 1.165) is 11.3 Å². The Morgan fingerprint density at radius 1 is 1.47 bits per heavy atom. The molecule has 0 aliphatic carbocycles. The molecule has 0 radical (unpaired) electrons. The first kappa shape index (κ1) is 13.0. The average Bonchev–Trinajstić information content (AvgIpc) is 2.72. The van der Waals surface area contributed by atoms with E-state index in [0.29, 0.717) is 0 Å². The number of hydrogen-bond donors (Lipinski definition) is 1. The summed E-state index contributed by atoms with van der Waals surface area (Å²) in [7, 11) is 1.59. The zero-order chi connectivity index (χ0) is 14.0. The average molecular weight is 257 g/mol. The van der Waals surface area contributed by atoms with Crippen molar-refractivity contribution in [3.05, 3.63) is 29.8 Å². The molecule has 2 atom stereocenters. The highest BCUT2D eigenvalue weighted by molar-refractivity contribution is 6.03. The van der Waals surface area contributed by atoms with E-state index in [1.54, 1.807) is 14.0 Å². The summed E-state index contributed by atoms with van der Waals surface area (Å²) in [6.45, 7) is 1.77. The van der Waals surface area contributed by atoms with Crippen LogP contribution in [0.5, 0.6) is 5.75 Å². The fourth-order valence-electron chi connectivity index (χ4n) is 2.07. The minimum absolute atomic E-state index is 0.261. The Kier molecular flexibility index (Phi) is 3.43. The lowest BCUT2D eigenvalue weighted by molar-refractivity contribution is 0.199. The number of rotatable bonds is 3. The summed E-state index contributed by atoms with van der Waals surface area (Å²) >= 11 is 0. The van der Waals surface area contributed by atoms with E-state index in [2.05, 4.69) is 10.9 Å². The number of hydrogen-bond acceptors (Lipinski definition) is 3. The first-order valence-electron chi connectivity index (χ1n) is 5.85. The predicted octanol–water partition coefficient (Wildman–Crippen LogP) is 1.55. The van der Waals surface area contributed by atoms with Crippen LogP contribution in [0.25, 0.3) is 0 Å². The summed E-state index contributed by atoms with van der Waals surface area (Å²) in [5.41, 5.74) is 6.70. The summed E-state index contributed by atoms with van der Waals surface area (Å²) in [6, 6.07) is 6.13. The van der Waals surface area contributed by atoms with Gasteiger partial charge in [-0.15, -0.1) is 6.42 Å². The molecule has 1 aromatic rings. The van der Waals surface area contributed by atoms with Gasteiger partial charge in [0, 0.05) is 0 Å². The monoisotopic (exact) mass is 257 g/mol. The maximum absolute atomic E-state index is 11.8. The van der Waals surface area contributed by atoms with Crippen molar-refractivity contribution in [3.8, 4) is 18.1 Å². The molecule has 1 aromatic carbocycles. The van der Waals surface area contributed by atoms with Gasteiger partial charge in [-0.05, 0) is 24.6 Å². The molecule has 0 bridgehead atoms. The van der Waals surface area contributed by atoms with E-state index in [4.69, 9.17) is 16.9 Å². The first-order chi connectivity index (χ1) is 9.08. The third kappa shape index (κ3) is 2.25. The molecule has 98 valence electrons. The van der Waals surface area contributed by atoms with E-state index < -0.39 is 12.1 Å². The van der Waals surface area contributed by atoms with Crippen LogP contribution in [-0.2, 0) is 0 Å². The van der Waals surface area contributed by atoms with Gasteiger partial charge in [-0.2, -0.15) is 4.99 Å². The zero-order valence-electron chi connectivity index (χ0n) is 10.8. The summed E-state index contributed by atoms with van der Waals surface area (Å²) < 4.78 is 5.10. The van der Waals surface area contributed by atoms with Gasteiger partial charge in [0.1, 0.15) is 17.6 Å². The Morgan fingerprint density at radius 3 is 2.63 bits per heavy atom. The van der Waals surface area contributed by atoms with Crippen LogP contribution >= 0.6 is 0 Å². The lowest BCUT2D eigenvalue weighted by Gasteiger charge is -2.27. The van der Waals surface area contributed by atoms with Crippen molar-refractivity contribution < 1.29 is 9.53 Å². The second-order valence-corrected chi connectivity index (χ2v) is 4.24. The SMILES string of the molecule is C#CC(C)N1C(=O)N=C(N)C1c1ccc(OC)cc1. The molecule has 5 nitrogen and oxygen atoms in total. The van der Waals surface area contributed by atoms with E-state index in [9.17, 15) is 4.79 Å². The molecule has 2 N–H and O–H groups in total. The Hall–Kier alpha value is -2.48. The van der Waals surface area contributed by atoms with Crippen LogP contribution < -0.4 is 10.5 Å². The Bertz CT molecular complexity index is 557. The van der Waals surface area contributed by atoms with Crippen molar-refractivity contribution in [2.75, 3.05) is 7.11 Å². The molecule has 0 aromatic heterocycles. The minimum atomic E-state index is -0.413. The molecule has 1 aliphatic heterocycles. The van der Waals surface area contributed by atoms with E-state index in [1.807, 2.05) is 24.3 Å². The number of aliphatic imine (C=N–C) groups is 1. The van der Waals surface area contributed by atoms with Gasteiger partial charge in [-0.25, -0.2) is 4.79 Å². The van der Waals surface area contributed by atoms with Gasteiger partial charge in [0.25, 0.3) is 0 Å². The fourth-order valence-corrected chi connectivity index (χ4v) is 2.07. The summed E-state index contributed by atoms with van der Waals surface area (Å²) in [5, 5.41) is 0. The van der Waals surface area contributed by atoms with Gasteiger partial charge in [-0.1, -0.05) is 18.1 Å². The van der Waals surface area contributed by atoms with Crippen LogP contribution in [0.4, 0.5) is 4.79 Å². The Morgan fingerprint density at radius 2 is 2.11 bits per heavy atom. The number of urea groups is 1. The van der Waals surface area contributed by atoms with Gasteiger partial charge in [-0.3, -0.25) is 4.90 Å². The molecule has 2 rings (SSSR count). The molecular formula is C14H15N3O2. The molecule has 0 saturated heterocycles. The topological polar surface area (TPSA) is 67.9 Å². The normalized spacial score (nSPS) is 19.8. The highest BCUT2D eigenvalue weighted by Crippen LogP contribution is 2.29. The zero-order valence-corrected chi connectivity index (χ0v) is 10.8. The second kappa shape index (κ2) is 5.02. The van der Waals surface area contributed by atoms with Crippen LogP contribution in [0.3, 0.4) is 0 Å². The lowest BCUT2D eigenvalue weighted by atomic mass is 10.0. The Balaban J connectivity index is 2.37. The number of nitrogens with zero attached hydrogens (tertiary/aromatic N) is 2. The van der Waals surface area contributed by atoms with Crippen molar-refractivity contribution >= 4 is 11.9 Å². The summed E-state index contributed by atoms with van der Waals surface area (Å²) in [4.78, 5) is 17.1. The third-order valence-corrected chi connectivity index (χ3v) is 3.09. The number of methoxy groups -OCH3 is 1. The maximum atomic E-state index is 11.8. The minimum Gasteiger partial charge on any atom is -0.497 e. The second-order valence-electron chi connectivity index (χ2n) is 4.24. The van der Waals surface area contributed by atoms with Gasteiger partial charge < -0.3 is 10.5 Å². The van der Waals surface area contributed by atoms with E-state index in [1.165, 1.54) is 4.90 Å². The number of nitrogens with two attached hydrogens (primary N) is 1. The number of ether oxygens (including phenoxy) is 1. The van der Waals surface area contributed by atoms with Crippen LogP contribution in [-0.4, -0.2) is 29.9 Å². The molecule has 1 aliphatic rings. The molecule has 2 amide bonds. The number of amidine groups is 1. The Labute approximate surface area is 112 Å². The lowest BCUT2D eigenvalue weighted by Crippen LogP contribution is -2.38.